The van der Waals surface area contributed by atoms with Gasteiger partial charge in [0, 0.05) is 12.5 Å². The molecule has 0 saturated carbocycles. The van der Waals surface area contributed by atoms with E-state index in [-0.39, 0.29) is 12.5 Å². The molecule has 1 aromatic carbocycles. The van der Waals surface area contributed by atoms with Crippen LogP contribution in [0.15, 0.2) is 48.6 Å². The maximum absolute atomic E-state index is 11.1. The highest BCUT2D eigenvalue weighted by Crippen LogP contribution is 2.31. The highest BCUT2D eigenvalue weighted by atomic mass is 32.1. The van der Waals surface area contributed by atoms with Crippen LogP contribution in [0.1, 0.15) is 34.7 Å². The smallest absolute Gasteiger partial charge is 0.387 e. The molecule has 30 heavy (non-hydrogen) atoms. The van der Waals surface area contributed by atoms with Gasteiger partial charge in [0.2, 0.25) is 0 Å². The third kappa shape index (κ3) is 4.68. The van der Waals surface area contributed by atoms with Gasteiger partial charge >= 0.3 is 11.8 Å². The highest BCUT2D eigenvalue weighted by Gasteiger charge is 2.30. The van der Waals surface area contributed by atoms with Gasteiger partial charge in [-0.3, -0.25) is 4.79 Å². The minimum absolute atomic E-state index is 0.0358. The maximum Gasteiger partial charge on any atom is 0.387 e. The number of carbonyl (C=O) groups is 1. The number of aliphatic carboxylic acids is 1. The first-order chi connectivity index (χ1) is 14.6. The van der Waals surface area contributed by atoms with Gasteiger partial charge in [-0.1, -0.05) is 48.6 Å². The average Bonchev–Trinajstić information content (AvgIpc) is 3.31. The molecule has 0 bridgehead atoms. The van der Waals surface area contributed by atoms with Crippen molar-refractivity contribution in [2.75, 3.05) is 0 Å². The van der Waals surface area contributed by atoms with Gasteiger partial charge in [0.05, 0.1) is 15.2 Å². The van der Waals surface area contributed by atoms with E-state index in [1.807, 2.05) is 41.0 Å². The monoisotopic (exact) mass is 439 g/mol. The van der Waals surface area contributed by atoms with Gasteiger partial charge in [0.15, 0.2) is 6.54 Å². The van der Waals surface area contributed by atoms with Gasteiger partial charge in [-0.15, -0.1) is 15.9 Å². The number of rotatable bonds is 8. The number of para-hydroxylation sites is 1. The fourth-order valence-electron chi connectivity index (χ4n) is 3.20. The predicted molar refractivity (Wildman–Crippen MR) is 122 cm³/mol. The molecule has 1 aliphatic rings. The van der Waals surface area contributed by atoms with E-state index in [9.17, 15) is 4.79 Å². The van der Waals surface area contributed by atoms with Crippen molar-refractivity contribution in [2.45, 2.75) is 38.8 Å². The van der Waals surface area contributed by atoms with E-state index < -0.39 is 5.97 Å². The van der Waals surface area contributed by atoms with Crippen molar-refractivity contribution >= 4 is 51.0 Å². The Balaban J connectivity index is 1.48. The van der Waals surface area contributed by atoms with Crippen LogP contribution in [0.25, 0.3) is 22.4 Å². The minimum Gasteiger partial charge on any atom is -0.481 e. The van der Waals surface area contributed by atoms with Crippen LogP contribution in [0.4, 0.5) is 0 Å². The van der Waals surface area contributed by atoms with Crippen molar-refractivity contribution in [3.63, 3.8) is 0 Å². The van der Waals surface area contributed by atoms with Gasteiger partial charge < -0.3 is 9.84 Å². The number of allylic oxidation sites excluding steroid dienone is 3. The first-order valence-corrected chi connectivity index (χ1v) is 11.6. The summed E-state index contributed by atoms with van der Waals surface area (Å²) in [5.41, 5.74) is 1.04. The largest absolute Gasteiger partial charge is 0.481 e. The lowest BCUT2D eigenvalue weighted by Crippen LogP contribution is -2.39. The molecule has 1 atom stereocenters. The Labute approximate surface area is 183 Å². The first-order valence-electron chi connectivity index (χ1n) is 9.95. The number of nitrogens with zero attached hydrogens (tertiary/aromatic N) is 2. The number of carboxylic acids is 1. The van der Waals surface area contributed by atoms with Crippen LogP contribution in [0.2, 0.25) is 0 Å². The predicted octanol–water partition coefficient (Wildman–Crippen LogP) is 5.12. The molecule has 2 aromatic heterocycles. The standard InChI is InChI=1S/C23H22N2O3S2/c1-2-16-12-13-19-23(28-16)25(15-14-22(26)27)21(30-19)11-5-3-4-10-20-24-17-8-6-7-9-18(17)29-20/h3-9,11-13,16H,2,10,14-15H2,1H3/p+1. The Morgan fingerprint density at radius 3 is 2.97 bits per heavy atom. The number of hydrogen-bond donors (Lipinski definition) is 1. The van der Waals surface area contributed by atoms with Crippen molar-refractivity contribution < 1.29 is 19.2 Å². The van der Waals surface area contributed by atoms with Crippen molar-refractivity contribution in [2.24, 2.45) is 0 Å². The molecule has 154 valence electrons. The van der Waals surface area contributed by atoms with E-state index >= 15 is 0 Å². The van der Waals surface area contributed by atoms with Crippen LogP contribution >= 0.6 is 22.7 Å². The Morgan fingerprint density at radius 2 is 2.17 bits per heavy atom. The summed E-state index contributed by atoms with van der Waals surface area (Å²) in [6, 6.07) is 8.16. The lowest BCUT2D eigenvalue weighted by atomic mass is 10.2. The number of aromatic nitrogens is 2. The SMILES string of the molecule is CCC1C=Cc2sc(C=CC=CCc3nc4ccccc4s3)[n+](CCC(=O)O)c2O1. The van der Waals surface area contributed by atoms with Gasteiger partial charge in [0.1, 0.15) is 17.4 Å². The molecule has 3 heterocycles. The molecular formula is C23H23N2O3S2+. The summed E-state index contributed by atoms with van der Waals surface area (Å²) >= 11 is 3.33. The summed E-state index contributed by atoms with van der Waals surface area (Å²) in [7, 11) is 0. The number of fused-ring (bicyclic) bond motifs is 2. The van der Waals surface area contributed by atoms with Crippen molar-refractivity contribution in [3.05, 3.63) is 63.5 Å². The van der Waals surface area contributed by atoms with E-state index in [2.05, 4.69) is 36.2 Å². The van der Waals surface area contributed by atoms with Crippen molar-refractivity contribution in [3.8, 4) is 5.88 Å². The van der Waals surface area contributed by atoms with Crippen LogP contribution in [0.5, 0.6) is 5.88 Å². The average molecular weight is 440 g/mol. The molecule has 0 fully saturated rings. The zero-order chi connectivity index (χ0) is 20.9. The zero-order valence-corrected chi connectivity index (χ0v) is 18.3. The van der Waals surface area contributed by atoms with Gasteiger partial charge in [-0.05, 0) is 30.7 Å². The second-order valence-corrected chi connectivity index (χ2v) is 9.07. The molecule has 4 rings (SSSR count). The first kappa shape index (κ1) is 20.5. The van der Waals surface area contributed by atoms with Crippen molar-refractivity contribution in [1.29, 1.82) is 0 Å². The molecule has 0 radical (unpaired) electrons. The van der Waals surface area contributed by atoms with E-state index in [4.69, 9.17) is 9.84 Å². The summed E-state index contributed by atoms with van der Waals surface area (Å²) in [4.78, 5) is 16.8. The molecule has 5 nitrogen and oxygen atoms in total. The summed E-state index contributed by atoms with van der Waals surface area (Å²) in [6.07, 6.45) is 14.0. The second-order valence-electron chi connectivity index (χ2n) is 6.90. The number of ether oxygens (including phenoxy) is 1. The summed E-state index contributed by atoms with van der Waals surface area (Å²) in [6.45, 7) is 2.46. The number of benzene rings is 1. The summed E-state index contributed by atoms with van der Waals surface area (Å²) < 4.78 is 9.25. The Morgan fingerprint density at radius 1 is 1.30 bits per heavy atom. The quantitative estimate of drug-likeness (QED) is 0.391. The molecule has 0 aliphatic carbocycles. The van der Waals surface area contributed by atoms with Crippen LogP contribution in [0, 0.1) is 0 Å². The molecule has 3 aromatic rings. The molecule has 1 aliphatic heterocycles. The Hall–Kier alpha value is -2.77. The number of carboxylic acid groups (broad SMARTS) is 1. The second kappa shape index (κ2) is 9.36. The Kier molecular flexibility index (Phi) is 6.40. The van der Waals surface area contributed by atoms with E-state index in [1.165, 1.54) is 4.70 Å². The molecule has 0 amide bonds. The molecule has 1 N–H and O–H groups in total. The van der Waals surface area contributed by atoms with Crippen LogP contribution in [-0.2, 0) is 17.8 Å². The number of hydrogen-bond acceptors (Lipinski definition) is 5. The molecule has 0 spiro atoms. The molecular weight excluding hydrogens is 416 g/mol. The third-order valence-corrected chi connectivity index (χ3v) is 6.88. The lowest BCUT2D eigenvalue weighted by Gasteiger charge is -2.14. The molecule has 7 heteroatoms. The normalized spacial score (nSPS) is 15.8. The van der Waals surface area contributed by atoms with Gasteiger partial charge in [-0.2, -0.15) is 0 Å². The third-order valence-electron chi connectivity index (χ3n) is 4.73. The zero-order valence-electron chi connectivity index (χ0n) is 16.7. The van der Waals surface area contributed by atoms with Crippen LogP contribution < -0.4 is 9.30 Å². The summed E-state index contributed by atoms with van der Waals surface area (Å²) in [5.74, 6) is -0.0415. The van der Waals surface area contributed by atoms with Gasteiger partial charge in [0.25, 0.3) is 5.01 Å². The van der Waals surface area contributed by atoms with Crippen LogP contribution in [-0.4, -0.2) is 22.2 Å². The van der Waals surface area contributed by atoms with E-state index in [0.717, 1.165) is 39.1 Å². The Bertz CT molecular complexity index is 1110. The van der Waals surface area contributed by atoms with E-state index in [0.29, 0.717) is 6.54 Å². The summed E-state index contributed by atoms with van der Waals surface area (Å²) in [5, 5.41) is 11.2. The number of thiazole rings is 2. The molecule has 0 saturated heterocycles. The van der Waals surface area contributed by atoms with Crippen molar-refractivity contribution in [1.82, 2.24) is 4.98 Å². The highest BCUT2D eigenvalue weighted by molar-refractivity contribution is 7.18. The maximum atomic E-state index is 11.1. The fraction of sp³-hybridized carbons (Fsp3) is 0.261. The minimum atomic E-state index is -0.813. The van der Waals surface area contributed by atoms with Gasteiger partial charge in [-0.25, -0.2) is 4.98 Å². The molecule has 1 unspecified atom stereocenters. The van der Waals surface area contributed by atoms with Crippen LogP contribution in [0.3, 0.4) is 0 Å². The topological polar surface area (TPSA) is 63.3 Å². The lowest BCUT2D eigenvalue weighted by molar-refractivity contribution is -0.698. The van der Waals surface area contributed by atoms with E-state index in [1.54, 1.807) is 22.7 Å². The fourth-order valence-corrected chi connectivity index (χ4v) is 5.19.